The van der Waals surface area contributed by atoms with E-state index in [1.807, 2.05) is 31.3 Å². The third-order valence-corrected chi connectivity index (χ3v) is 2.12. The zero-order valence-electron chi connectivity index (χ0n) is 8.04. The fourth-order valence-corrected chi connectivity index (χ4v) is 1.17. The molecule has 0 heterocycles. The number of hydrogen-bond acceptors (Lipinski definition) is 2. The van der Waals surface area contributed by atoms with Crippen molar-refractivity contribution in [2.45, 2.75) is 19.4 Å². The zero-order chi connectivity index (χ0) is 9.68. The Morgan fingerprint density at radius 3 is 2.46 bits per heavy atom. The minimum Gasteiger partial charge on any atom is -0.317 e. The first-order valence-electron chi connectivity index (χ1n) is 4.42. The standard InChI is InChI=1S/C11H14N2/c1-9(13-2)7-10-3-5-11(8-12)6-4-10/h3-6,9,13H,7H2,1-2H3. The van der Waals surface area contributed by atoms with Gasteiger partial charge in [-0.15, -0.1) is 0 Å². The fraction of sp³-hybridized carbons (Fsp3) is 0.364. The number of nitriles is 1. The molecule has 0 aliphatic carbocycles. The van der Waals surface area contributed by atoms with Crippen LogP contribution in [-0.4, -0.2) is 13.1 Å². The molecule has 0 aliphatic heterocycles. The van der Waals surface area contributed by atoms with Crippen LogP contribution in [0.4, 0.5) is 0 Å². The summed E-state index contributed by atoms with van der Waals surface area (Å²) in [5, 5.41) is 11.8. The molecule has 1 rings (SSSR count). The number of rotatable bonds is 3. The molecule has 0 saturated carbocycles. The predicted molar refractivity (Wildman–Crippen MR) is 53.4 cm³/mol. The lowest BCUT2D eigenvalue weighted by Crippen LogP contribution is -2.23. The van der Waals surface area contributed by atoms with Crippen LogP contribution in [0.25, 0.3) is 0 Å². The van der Waals surface area contributed by atoms with Crippen molar-refractivity contribution >= 4 is 0 Å². The maximum atomic E-state index is 8.59. The van der Waals surface area contributed by atoms with Gasteiger partial charge in [-0.1, -0.05) is 12.1 Å². The highest BCUT2D eigenvalue weighted by molar-refractivity contribution is 5.31. The summed E-state index contributed by atoms with van der Waals surface area (Å²) in [5.41, 5.74) is 1.99. The van der Waals surface area contributed by atoms with Crippen molar-refractivity contribution < 1.29 is 0 Å². The average Bonchev–Trinajstić information content (AvgIpc) is 2.19. The molecule has 1 N–H and O–H groups in total. The Labute approximate surface area is 79.2 Å². The molecule has 2 heteroatoms. The molecule has 13 heavy (non-hydrogen) atoms. The molecular weight excluding hydrogens is 160 g/mol. The van der Waals surface area contributed by atoms with E-state index in [1.54, 1.807) is 0 Å². The Balaban J connectivity index is 2.65. The van der Waals surface area contributed by atoms with Crippen LogP contribution in [-0.2, 0) is 6.42 Å². The summed E-state index contributed by atoms with van der Waals surface area (Å²) in [4.78, 5) is 0. The summed E-state index contributed by atoms with van der Waals surface area (Å²) in [6, 6.07) is 10.3. The molecular formula is C11H14N2. The number of benzene rings is 1. The Morgan fingerprint density at radius 2 is 2.00 bits per heavy atom. The Morgan fingerprint density at radius 1 is 1.38 bits per heavy atom. The number of nitrogens with one attached hydrogen (secondary N) is 1. The van der Waals surface area contributed by atoms with Gasteiger partial charge in [0.2, 0.25) is 0 Å². The number of likely N-dealkylation sites (N-methyl/N-ethyl adjacent to an activating group) is 1. The van der Waals surface area contributed by atoms with Crippen LogP contribution < -0.4 is 5.32 Å². The average molecular weight is 174 g/mol. The van der Waals surface area contributed by atoms with E-state index in [0.29, 0.717) is 6.04 Å². The Kier molecular flexibility index (Phi) is 3.48. The van der Waals surface area contributed by atoms with Crippen molar-refractivity contribution in [3.63, 3.8) is 0 Å². The van der Waals surface area contributed by atoms with E-state index in [2.05, 4.69) is 18.3 Å². The van der Waals surface area contributed by atoms with Crippen LogP contribution in [0.1, 0.15) is 18.1 Å². The molecule has 0 fully saturated rings. The molecule has 0 aliphatic rings. The summed E-state index contributed by atoms with van der Waals surface area (Å²) in [6.07, 6.45) is 1.00. The van der Waals surface area contributed by atoms with Crippen LogP contribution >= 0.6 is 0 Å². The molecule has 0 radical (unpaired) electrons. The van der Waals surface area contributed by atoms with Gasteiger partial charge < -0.3 is 5.32 Å². The highest BCUT2D eigenvalue weighted by atomic mass is 14.8. The molecule has 2 nitrogen and oxygen atoms in total. The van der Waals surface area contributed by atoms with E-state index in [4.69, 9.17) is 5.26 Å². The van der Waals surface area contributed by atoms with Gasteiger partial charge in [0.15, 0.2) is 0 Å². The van der Waals surface area contributed by atoms with E-state index < -0.39 is 0 Å². The topological polar surface area (TPSA) is 35.8 Å². The largest absolute Gasteiger partial charge is 0.317 e. The van der Waals surface area contributed by atoms with Crippen molar-refractivity contribution in [2.24, 2.45) is 0 Å². The molecule has 0 bridgehead atoms. The van der Waals surface area contributed by atoms with Crippen molar-refractivity contribution in [3.05, 3.63) is 35.4 Å². The van der Waals surface area contributed by atoms with E-state index in [-0.39, 0.29) is 0 Å². The van der Waals surface area contributed by atoms with Gasteiger partial charge in [0.05, 0.1) is 11.6 Å². The van der Waals surface area contributed by atoms with Gasteiger partial charge in [-0.25, -0.2) is 0 Å². The van der Waals surface area contributed by atoms with E-state index >= 15 is 0 Å². The first kappa shape index (κ1) is 9.76. The SMILES string of the molecule is CNC(C)Cc1ccc(C#N)cc1. The van der Waals surface area contributed by atoms with Crippen LogP contribution in [0.5, 0.6) is 0 Å². The van der Waals surface area contributed by atoms with Crippen LogP contribution in [0.3, 0.4) is 0 Å². The van der Waals surface area contributed by atoms with E-state index in [0.717, 1.165) is 12.0 Å². The summed E-state index contributed by atoms with van der Waals surface area (Å²) in [7, 11) is 1.95. The monoisotopic (exact) mass is 174 g/mol. The maximum absolute atomic E-state index is 8.59. The molecule has 1 unspecified atom stereocenters. The predicted octanol–water partition coefficient (Wildman–Crippen LogP) is 1.71. The van der Waals surface area contributed by atoms with Crippen molar-refractivity contribution in [2.75, 3.05) is 7.05 Å². The van der Waals surface area contributed by atoms with Gasteiger partial charge in [-0.2, -0.15) is 5.26 Å². The number of nitrogens with zero attached hydrogens (tertiary/aromatic N) is 1. The lowest BCUT2D eigenvalue weighted by molar-refractivity contribution is 0.608. The second-order valence-electron chi connectivity index (χ2n) is 3.20. The smallest absolute Gasteiger partial charge is 0.0991 e. The lowest BCUT2D eigenvalue weighted by Gasteiger charge is -2.09. The van der Waals surface area contributed by atoms with E-state index in [1.165, 1.54) is 5.56 Å². The Bertz CT molecular complexity index is 295. The first-order valence-corrected chi connectivity index (χ1v) is 4.42. The maximum Gasteiger partial charge on any atom is 0.0991 e. The highest BCUT2D eigenvalue weighted by Crippen LogP contribution is 2.05. The zero-order valence-corrected chi connectivity index (χ0v) is 8.04. The molecule has 0 amide bonds. The molecule has 1 aromatic rings. The number of hydrogen-bond donors (Lipinski definition) is 1. The normalized spacial score (nSPS) is 12.1. The first-order chi connectivity index (χ1) is 6.26. The van der Waals surface area contributed by atoms with Crippen molar-refractivity contribution in [1.82, 2.24) is 5.32 Å². The summed E-state index contributed by atoms with van der Waals surface area (Å²) in [5.74, 6) is 0. The quantitative estimate of drug-likeness (QED) is 0.757. The minimum atomic E-state index is 0.480. The van der Waals surface area contributed by atoms with Gasteiger partial charge in [0.1, 0.15) is 0 Å². The van der Waals surface area contributed by atoms with Crippen LogP contribution in [0.15, 0.2) is 24.3 Å². The summed E-state index contributed by atoms with van der Waals surface area (Å²) >= 11 is 0. The van der Waals surface area contributed by atoms with E-state index in [9.17, 15) is 0 Å². The van der Waals surface area contributed by atoms with Crippen LogP contribution in [0.2, 0.25) is 0 Å². The van der Waals surface area contributed by atoms with Gasteiger partial charge in [0, 0.05) is 6.04 Å². The minimum absolute atomic E-state index is 0.480. The highest BCUT2D eigenvalue weighted by Gasteiger charge is 1.99. The molecule has 0 saturated heterocycles. The van der Waals surface area contributed by atoms with Crippen LogP contribution in [0, 0.1) is 11.3 Å². The lowest BCUT2D eigenvalue weighted by atomic mass is 10.1. The van der Waals surface area contributed by atoms with Gasteiger partial charge in [-0.05, 0) is 38.1 Å². The molecule has 0 aromatic heterocycles. The summed E-state index contributed by atoms with van der Waals surface area (Å²) < 4.78 is 0. The summed E-state index contributed by atoms with van der Waals surface area (Å²) in [6.45, 7) is 2.14. The molecule has 68 valence electrons. The van der Waals surface area contributed by atoms with Crippen molar-refractivity contribution in [3.8, 4) is 6.07 Å². The van der Waals surface area contributed by atoms with Crippen molar-refractivity contribution in [1.29, 1.82) is 5.26 Å². The Hall–Kier alpha value is -1.33. The van der Waals surface area contributed by atoms with Gasteiger partial charge >= 0.3 is 0 Å². The molecule has 1 aromatic carbocycles. The molecule has 0 spiro atoms. The molecule has 1 atom stereocenters. The third-order valence-electron chi connectivity index (χ3n) is 2.12. The second kappa shape index (κ2) is 4.64. The van der Waals surface area contributed by atoms with Gasteiger partial charge in [-0.3, -0.25) is 0 Å². The second-order valence-corrected chi connectivity index (χ2v) is 3.20. The third kappa shape index (κ3) is 2.89. The fourth-order valence-electron chi connectivity index (χ4n) is 1.17. The van der Waals surface area contributed by atoms with Gasteiger partial charge in [0.25, 0.3) is 0 Å².